The third-order valence-electron chi connectivity index (χ3n) is 3.71. The lowest BCUT2D eigenvalue weighted by atomic mass is 10.1. The minimum absolute atomic E-state index is 0.143. The maximum atomic E-state index is 12.1. The SMILES string of the molecule is COc1cccc(C(=O)NCCOc2ccc3ccccc3c2)c1. The fourth-order valence-electron chi connectivity index (χ4n) is 2.46. The first-order valence-corrected chi connectivity index (χ1v) is 7.80. The van der Waals surface area contributed by atoms with Crippen LogP contribution in [0.3, 0.4) is 0 Å². The van der Waals surface area contributed by atoms with Gasteiger partial charge in [-0.1, -0.05) is 36.4 Å². The molecule has 0 saturated carbocycles. The Labute approximate surface area is 141 Å². The molecule has 1 N–H and O–H groups in total. The maximum Gasteiger partial charge on any atom is 0.251 e. The average molecular weight is 321 g/mol. The summed E-state index contributed by atoms with van der Waals surface area (Å²) in [6.45, 7) is 0.844. The summed E-state index contributed by atoms with van der Waals surface area (Å²) in [7, 11) is 1.58. The van der Waals surface area contributed by atoms with E-state index in [-0.39, 0.29) is 5.91 Å². The van der Waals surface area contributed by atoms with Gasteiger partial charge in [-0.25, -0.2) is 0 Å². The highest BCUT2D eigenvalue weighted by Crippen LogP contribution is 2.20. The van der Waals surface area contributed by atoms with Gasteiger partial charge in [0, 0.05) is 5.56 Å². The van der Waals surface area contributed by atoms with Crippen LogP contribution in [0.4, 0.5) is 0 Å². The molecule has 0 radical (unpaired) electrons. The second kappa shape index (κ2) is 7.51. The minimum Gasteiger partial charge on any atom is -0.497 e. The van der Waals surface area contributed by atoms with Crippen molar-refractivity contribution < 1.29 is 14.3 Å². The molecule has 0 spiro atoms. The Bertz CT molecular complexity index is 845. The van der Waals surface area contributed by atoms with Crippen molar-refractivity contribution in [1.29, 1.82) is 0 Å². The first-order chi connectivity index (χ1) is 11.8. The third-order valence-corrected chi connectivity index (χ3v) is 3.71. The number of rotatable bonds is 6. The summed E-state index contributed by atoms with van der Waals surface area (Å²) in [5.74, 6) is 1.32. The van der Waals surface area contributed by atoms with E-state index in [1.165, 1.54) is 5.39 Å². The van der Waals surface area contributed by atoms with Crippen LogP contribution in [0.2, 0.25) is 0 Å². The molecule has 0 aliphatic heterocycles. The van der Waals surface area contributed by atoms with Crippen molar-refractivity contribution in [2.75, 3.05) is 20.3 Å². The zero-order valence-electron chi connectivity index (χ0n) is 13.5. The number of nitrogens with one attached hydrogen (secondary N) is 1. The lowest BCUT2D eigenvalue weighted by molar-refractivity contribution is 0.0946. The molecule has 3 aromatic rings. The van der Waals surface area contributed by atoms with E-state index >= 15 is 0 Å². The predicted molar refractivity (Wildman–Crippen MR) is 94.8 cm³/mol. The lowest BCUT2D eigenvalue weighted by Gasteiger charge is -2.09. The van der Waals surface area contributed by atoms with Crippen LogP contribution in [0.1, 0.15) is 10.4 Å². The van der Waals surface area contributed by atoms with Crippen molar-refractivity contribution in [1.82, 2.24) is 5.32 Å². The number of ether oxygens (including phenoxy) is 2. The summed E-state index contributed by atoms with van der Waals surface area (Å²) in [6.07, 6.45) is 0. The highest BCUT2D eigenvalue weighted by atomic mass is 16.5. The summed E-state index contributed by atoms with van der Waals surface area (Å²) in [6, 6.07) is 21.1. The lowest BCUT2D eigenvalue weighted by Crippen LogP contribution is -2.28. The fraction of sp³-hybridized carbons (Fsp3) is 0.150. The average Bonchev–Trinajstić information content (AvgIpc) is 2.65. The Kier molecular flexibility index (Phi) is 4.96. The van der Waals surface area contributed by atoms with E-state index in [1.54, 1.807) is 31.4 Å². The standard InChI is InChI=1S/C20H19NO3/c1-23-18-8-4-7-17(14-18)20(22)21-11-12-24-19-10-9-15-5-2-3-6-16(15)13-19/h2-10,13-14H,11-12H2,1H3,(H,21,22). The molecule has 1 amide bonds. The Morgan fingerprint density at radius 3 is 2.58 bits per heavy atom. The van der Waals surface area contributed by atoms with Crippen molar-refractivity contribution >= 4 is 16.7 Å². The summed E-state index contributed by atoms with van der Waals surface area (Å²) >= 11 is 0. The van der Waals surface area contributed by atoms with Gasteiger partial charge in [-0.3, -0.25) is 4.79 Å². The molecule has 0 atom stereocenters. The van der Waals surface area contributed by atoms with Gasteiger partial charge in [-0.05, 0) is 41.1 Å². The van der Waals surface area contributed by atoms with Gasteiger partial charge in [0.2, 0.25) is 0 Å². The van der Waals surface area contributed by atoms with Crippen molar-refractivity contribution in [2.45, 2.75) is 0 Å². The van der Waals surface area contributed by atoms with E-state index in [0.29, 0.717) is 24.5 Å². The molecule has 0 aliphatic carbocycles. The molecule has 4 heteroatoms. The first-order valence-electron chi connectivity index (χ1n) is 7.80. The number of methoxy groups -OCH3 is 1. The monoisotopic (exact) mass is 321 g/mol. The van der Waals surface area contributed by atoms with E-state index in [0.717, 1.165) is 11.1 Å². The van der Waals surface area contributed by atoms with Crippen LogP contribution in [-0.2, 0) is 0 Å². The topological polar surface area (TPSA) is 47.6 Å². The van der Waals surface area contributed by atoms with Crippen molar-refractivity contribution in [3.8, 4) is 11.5 Å². The maximum absolute atomic E-state index is 12.1. The van der Waals surface area contributed by atoms with E-state index < -0.39 is 0 Å². The highest BCUT2D eigenvalue weighted by Gasteiger charge is 2.06. The van der Waals surface area contributed by atoms with Crippen molar-refractivity contribution in [3.05, 3.63) is 72.3 Å². The Hall–Kier alpha value is -3.01. The van der Waals surface area contributed by atoms with E-state index in [9.17, 15) is 4.79 Å². The summed E-state index contributed by atoms with van der Waals surface area (Å²) in [5.41, 5.74) is 0.569. The minimum atomic E-state index is -0.143. The summed E-state index contributed by atoms with van der Waals surface area (Å²) in [5, 5.41) is 5.15. The van der Waals surface area contributed by atoms with Crippen LogP contribution < -0.4 is 14.8 Å². The van der Waals surface area contributed by atoms with Gasteiger partial charge < -0.3 is 14.8 Å². The molecule has 24 heavy (non-hydrogen) atoms. The molecule has 0 fully saturated rings. The summed E-state index contributed by atoms with van der Waals surface area (Å²) < 4.78 is 10.8. The van der Waals surface area contributed by atoms with Crippen LogP contribution in [0.5, 0.6) is 11.5 Å². The second-order valence-electron chi connectivity index (χ2n) is 5.35. The zero-order chi connectivity index (χ0) is 16.8. The molecule has 0 unspecified atom stereocenters. The number of carbonyl (C=O) groups excluding carboxylic acids is 1. The third kappa shape index (κ3) is 3.84. The number of carbonyl (C=O) groups is 1. The Balaban J connectivity index is 1.51. The molecular weight excluding hydrogens is 302 g/mol. The van der Waals surface area contributed by atoms with Crippen molar-refractivity contribution in [2.24, 2.45) is 0 Å². The molecule has 0 bridgehead atoms. The molecule has 3 aromatic carbocycles. The van der Waals surface area contributed by atoms with Gasteiger partial charge in [-0.2, -0.15) is 0 Å². The number of benzene rings is 3. The van der Waals surface area contributed by atoms with Crippen LogP contribution in [0.25, 0.3) is 10.8 Å². The Morgan fingerprint density at radius 2 is 1.75 bits per heavy atom. The van der Waals surface area contributed by atoms with Gasteiger partial charge >= 0.3 is 0 Å². The van der Waals surface area contributed by atoms with E-state index in [4.69, 9.17) is 9.47 Å². The zero-order valence-corrected chi connectivity index (χ0v) is 13.5. The van der Waals surface area contributed by atoms with Gasteiger partial charge in [0.05, 0.1) is 13.7 Å². The molecule has 0 heterocycles. The molecule has 3 rings (SSSR count). The van der Waals surface area contributed by atoms with Crippen LogP contribution >= 0.6 is 0 Å². The van der Waals surface area contributed by atoms with Crippen molar-refractivity contribution in [3.63, 3.8) is 0 Å². The highest BCUT2D eigenvalue weighted by molar-refractivity contribution is 5.94. The molecule has 0 aliphatic rings. The molecule has 4 nitrogen and oxygen atoms in total. The fourth-order valence-corrected chi connectivity index (χ4v) is 2.46. The van der Waals surface area contributed by atoms with Gasteiger partial charge in [-0.15, -0.1) is 0 Å². The largest absolute Gasteiger partial charge is 0.497 e. The molecule has 0 aromatic heterocycles. The normalized spacial score (nSPS) is 10.4. The van der Waals surface area contributed by atoms with Crippen LogP contribution in [-0.4, -0.2) is 26.2 Å². The first kappa shape index (κ1) is 15.9. The molecule has 122 valence electrons. The number of hydrogen-bond donors (Lipinski definition) is 1. The Morgan fingerprint density at radius 1 is 0.917 bits per heavy atom. The van der Waals surface area contributed by atoms with E-state index in [1.807, 2.05) is 36.4 Å². The summed E-state index contributed by atoms with van der Waals surface area (Å²) in [4.78, 5) is 12.1. The number of amides is 1. The van der Waals surface area contributed by atoms with Gasteiger partial charge in [0.15, 0.2) is 0 Å². The van der Waals surface area contributed by atoms with Crippen LogP contribution in [0.15, 0.2) is 66.7 Å². The number of hydrogen-bond acceptors (Lipinski definition) is 3. The van der Waals surface area contributed by atoms with Gasteiger partial charge in [0.25, 0.3) is 5.91 Å². The van der Waals surface area contributed by atoms with Crippen LogP contribution in [0, 0.1) is 0 Å². The van der Waals surface area contributed by atoms with E-state index in [2.05, 4.69) is 11.4 Å². The number of fused-ring (bicyclic) bond motifs is 1. The smallest absolute Gasteiger partial charge is 0.251 e. The quantitative estimate of drug-likeness (QED) is 0.705. The predicted octanol–water partition coefficient (Wildman–Crippen LogP) is 3.66. The molecule has 0 saturated heterocycles. The second-order valence-corrected chi connectivity index (χ2v) is 5.35. The van der Waals surface area contributed by atoms with Gasteiger partial charge in [0.1, 0.15) is 18.1 Å². The molecular formula is C20H19NO3.